The maximum atomic E-state index is 10.7. The lowest BCUT2D eigenvalue weighted by Gasteiger charge is -2.13. The second-order valence-electron chi connectivity index (χ2n) is 4.23. The maximum Gasteiger partial charge on any atom is 0.272 e. The Hall–Kier alpha value is -1.29. The first kappa shape index (κ1) is 13.8. The smallest absolute Gasteiger partial charge is 0.272 e. The standard InChI is InChI=1S/C12H16ClNO3/c1-8(6-13)7-17-12-5-9(2)11(14(15)16)4-10(12)3/h4-5,8H,6-7H2,1-3H3. The molecular weight excluding hydrogens is 242 g/mol. The lowest BCUT2D eigenvalue weighted by atomic mass is 10.1. The van der Waals surface area contributed by atoms with Crippen molar-refractivity contribution >= 4 is 17.3 Å². The minimum absolute atomic E-state index is 0.125. The van der Waals surface area contributed by atoms with Crippen LogP contribution in [0.2, 0.25) is 0 Å². The highest BCUT2D eigenvalue weighted by molar-refractivity contribution is 6.18. The number of nitro groups is 1. The molecule has 0 aliphatic heterocycles. The van der Waals surface area contributed by atoms with E-state index in [0.29, 0.717) is 23.8 Å². The van der Waals surface area contributed by atoms with Crippen molar-refractivity contribution in [2.24, 2.45) is 5.92 Å². The molecule has 94 valence electrons. The maximum absolute atomic E-state index is 10.7. The van der Waals surface area contributed by atoms with E-state index in [2.05, 4.69) is 0 Å². The van der Waals surface area contributed by atoms with Crippen LogP contribution in [0, 0.1) is 29.9 Å². The topological polar surface area (TPSA) is 52.4 Å². The van der Waals surface area contributed by atoms with Gasteiger partial charge in [0.05, 0.1) is 11.5 Å². The Morgan fingerprint density at radius 2 is 2.06 bits per heavy atom. The summed E-state index contributed by atoms with van der Waals surface area (Å²) >= 11 is 5.69. The van der Waals surface area contributed by atoms with Crippen LogP contribution in [0.15, 0.2) is 12.1 Å². The predicted octanol–water partition coefficient (Wildman–Crippen LogP) is 3.47. The summed E-state index contributed by atoms with van der Waals surface area (Å²) in [5.41, 5.74) is 1.50. The van der Waals surface area contributed by atoms with E-state index in [4.69, 9.17) is 16.3 Å². The summed E-state index contributed by atoms with van der Waals surface area (Å²) in [6.07, 6.45) is 0. The minimum Gasteiger partial charge on any atom is -0.493 e. The molecular formula is C12H16ClNO3. The highest BCUT2D eigenvalue weighted by atomic mass is 35.5. The summed E-state index contributed by atoms with van der Waals surface area (Å²) in [6, 6.07) is 3.24. The van der Waals surface area contributed by atoms with Crippen LogP contribution in [0.3, 0.4) is 0 Å². The number of halogens is 1. The van der Waals surface area contributed by atoms with E-state index in [9.17, 15) is 10.1 Å². The van der Waals surface area contributed by atoms with Gasteiger partial charge in [0.25, 0.3) is 5.69 Å². The number of hydrogen-bond acceptors (Lipinski definition) is 3. The van der Waals surface area contributed by atoms with Crippen molar-refractivity contribution in [3.63, 3.8) is 0 Å². The Morgan fingerprint density at radius 3 is 2.59 bits per heavy atom. The van der Waals surface area contributed by atoms with Crippen LogP contribution in [0.4, 0.5) is 5.69 Å². The fraction of sp³-hybridized carbons (Fsp3) is 0.500. The normalized spacial score (nSPS) is 12.2. The minimum atomic E-state index is -0.381. The lowest BCUT2D eigenvalue weighted by Crippen LogP contribution is -2.10. The van der Waals surface area contributed by atoms with E-state index in [1.165, 1.54) is 6.07 Å². The quantitative estimate of drug-likeness (QED) is 0.461. The van der Waals surface area contributed by atoms with Gasteiger partial charge in [-0.3, -0.25) is 10.1 Å². The molecule has 1 unspecified atom stereocenters. The Balaban J connectivity index is 2.88. The molecule has 0 saturated heterocycles. The zero-order chi connectivity index (χ0) is 13.0. The zero-order valence-electron chi connectivity index (χ0n) is 10.2. The molecule has 0 N–H and O–H groups in total. The average Bonchev–Trinajstić information content (AvgIpc) is 2.28. The highest BCUT2D eigenvalue weighted by Crippen LogP contribution is 2.27. The fourth-order valence-electron chi connectivity index (χ4n) is 1.40. The van der Waals surface area contributed by atoms with Gasteiger partial charge in [-0.25, -0.2) is 0 Å². The molecule has 0 spiro atoms. The van der Waals surface area contributed by atoms with Crippen LogP contribution in [-0.2, 0) is 0 Å². The van der Waals surface area contributed by atoms with Crippen molar-refractivity contribution < 1.29 is 9.66 Å². The first-order valence-electron chi connectivity index (χ1n) is 5.40. The van der Waals surface area contributed by atoms with E-state index in [1.807, 2.05) is 6.92 Å². The van der Waals surface area contributed by atoms with Crippen molar-refractivity contribution in [2.75, 3.05) is 12.5 Å². The van der Waals surface area contributed by atoms with E-state index < -0.39 is 0 Å². The second kappa shape index (κ2) is 5.87. The van der Waals surface area contributed by atoms with Gasteiger partial charge in [-0.1, -0.05) is 6.92 Å². The Kier molecular flexibility index (Phi) is 4.75. The number of nitrogens with zero attached hydrogens (tertiary/aromatic N) is 1. The fourth-order valence-corrected chi connectivity index (χ4v) is 1.49. The van der Waals surface area contributed by atoms with Gasteiger partial charge < -0.3 is 4.74 Å². The molecule has 0 heterocycles. The van der Waals surface area contributed by atoms with Crippen LogP contribution in [-0.4, -0.2) is 17.4 Å². The number of ether oxygens (including phenoxy) is 1. The molecule has 5 heteroatoms. The molecule has 1 rings (SSSR count). The van der Waals surface area contributed by atoms with Crippen LogP contribution < -0.4 is 4.74 Å². The van der Waals surface area contributed by atoms with Crippen LogP contribution >= 0.6 is 11.6 Å². The summed E-state index contributed by atoms with van der Waals surface area (Å²) in [5.74, 6) is 1.47. The van der Waals surface area contributed by atoms with Crippen LogP contribution in [0.1, 0.15) is 18.1 Å². The molecule has 0 aliphatic rings. The lowest BCUT2D eigenvalue weighted by molar-refractivity contribution is -0.385. The zero-order valence-corrected chi connectivity index (χ0v) is 11.0. The third-order valence-corrected chi connectivity index (χ3v) is 3.00. The monoisotopic (exact) mass is 257 g/mol. The number of rotatable bonds is 5. The van der Waals surface area contributed by atoms with Gasteiger partial charge in [0, 0.05) is 23.4 Å². The van der Waals surface area contributed by atoms with E-state index in [1.54, 1.807) is 19.9 Å². The molecule has 0 radical (unpaired) electrons. The Labute approximate surface area is 106 Å². The number of benzene rings is 1. The van der Waals surface area contributed by atoms with Gasteiger partial charge in [0.15, 0.2) is 0 Å². The van der Waals surface area contributed by atoms with Gasteiger partial charge in [-0.05, 0) is 25.5 Å². The summed E-state index contributed by atoms with van der Waals surface area (Å²) in [6.45, 7) is 6.00. The predicted molar refractivity (Wildman–Crippen MR) is 67.9 cm³/mol. The molecule has 4 nitrogen and oxygen atoms in total. The summed E-state index contributed by atoms with van der Waals surface area (Å²) in [7, 11) is 0. The Morgan fingerprint density at radius 1 is 1.41 bits per heavy atom. The largest absolute Gasteiger partial charge is 0.493 e. The number of nitro benzene ring substituents is 1. The first-order valence-corrected chi connectivity index (χ1v) is 5.93. The third kappa shape index (κ3) is 3.60. The van der Waals surface area contributed by atoms with Gasteiger partial charge >= 0.3 is 0 Å². The van der Waals surface area contributed by atoms with Crippen molar-refractivity contribution in [3.05, 3.63) is 33.4 Å². The van der Waals surface area contributed by atoms with Gasteiger partial charge in [0.1, 0.15) is 5.75 Å². The molecule has 17 heavy (non-hydrogen) atoms. The summed E-state index contributed by atoms with van der Waals surface area (Å²) in [4.78, 5) is 10.4. The molecule has 0 bridgehead atoms. The van der Waals surface area contributed by atoms with E-state index >= 15 is 0 Å². The Bertz CT molecular complexity index is 420. The van der Waals surface area contributed by atoms with Crippen LogP contribution in [0.25, 0.3) is 0 Å². The number of hydrogen-bond donors (Lipinski definition) is 0. The second-order valence-corrected chi connectivity index (χ2v) is 4.54. The molecule has 0 aromatic heterocycles. The molecule has 0 amide bonds. The van der Waals surface area contributed by atoms with Crippen molar-refractivity contribution in [3.8, 4) is 5.75 Å². The molecule has 0 saturated carbocycles. The third-order valence-electron chi connectivity index (χ3n) is 2.48. The van der Waals surface area contributed by atoms with Crippen molar-refractivity contribution in [2.45, 2.75) is 20.8 Å². The highest BCUT2D eigenvalue weighted by Gasteiger charge is 2.14. The van der Waals surface area contributed by atoms with Crippen molar-refractivity contribution in [1.82, 2.24) is 0 Å². The van der Waals surface area contributed by atoms with Gasteiger partial charge in [-0.15, -0.1) is 11.6 Å². The summed E-state index contributed by atoms with van der Waals surface area (Å²) in [5, 5.41) is 10.7. The van der Waals surface area contributed by atoms with Crippen molar-refractivity contribution in [1.29, 1.82) is 0 Å². The first-order chi connectivity index (χ1) is 7.95. The molecule has 0 aliphatic carbocycles. The SMILES string of the molecule is Cc1cc([N+](=O)[O-])c(C)cc1OCC(C)CCl. The summed E-state index contributed by atoms with van der Waals surface area (Å²) < 4.78 is 5.60. The average molecular weight is 258 g/mol. The molecule has 0 fully saturated rings. The van der Waals surface area contributed by atoms with E-state index in [-0.39, 0.29) is 16.5 Å². The molecule has 1 aromatic rings. The number of alkyl halides is 1. The van der Waals surface area contributed by atoms with E-state index in [0.717, 1.165) is 5.56 Å². The van der Waals surface area contributed by atoms with Gasteiger partial charge in [0.2, 0.25) is 0 Å². The molecule has 1 aromatic carbocycles. The van der Waals surface area contributed by atoms with Crippen LogP contribution in [0.5, 0.6) is 5.75 Å². The molecule has 1 atom stereocenters. The van der Waals surface area contributed by atoms with Gasteiger partial charge in [-0.2, -0.15) is 0 Å². The number of aryl methyl sites for hydroxylation is 2.